The van der Waals surface area contributed by atoms with Crippen LogP contribution in [0.15, 0.2) is 54.6 Å². The zero-order valence-corrected chi connectivity index (χ0v) is 14.7. The summed E-state index contributed by atoms with van der Waals surface area (Å²) in [6.45, 7) is 0. The summed E-state index contributed by atoms with van der Waals surface area (Å²) in [5.74, 6) is 0.761. The molecule has 4 heteroatoms. The van der Waals surface area contributed by atoms with Gasteiger partial charge in [0.25, 0.3) is 0 Å². The van der Waals surface area contributed by atoms with Gasteiger partial charge in [-0.3, -0.25) is 0 Å². The van der Waals surface area contributed by atoms with E-state index in [0.29, 0.717) is 0 Å². The molecule has 0 saturated carbocycles. The minimum atomic E-state index is 0.761. The highest BCUT2D eigenvalue weighted by Gasteiger charge is 2.07. The predicted molar refractivity (Wildman–Crippen MR) is 101 cm³/mol. The van der Waals surface area contributed by atoms with Crippen molar-refractivity contribution in [1.82, 2.24) is 20.6 Å². The molecule has 3 rings (SSSR count). The quantitative estimate of drug-likeness (QED) is 0.531. The number of aromatic nitrogens is 4. The first kappa shape index (κ1) is 17.3. The van der Waals surface area contributed by atoms with Crippen molar-refractivity contribution in [3.8, 4) is 11.4 Å². The van der Waals surface area contributed by atoms with Crippen LogP contribution in [0.4, 0.5) is 0 Å². The minimum absolute atomic E-state index is 0.761. The molecular formula is C21H26N4. The Morgan fingerprint density at radius 2 is 1.36 bits per heavy atom. The molecule has 0 aliphatic carbocycles. The van der Waals surface area contributed by atoms with E-state index in [9.17, 15) is 0 Å². The third kappa shape index (κ3) is 5.52. The van der Waals surface area contributed by atoms with Crippen molar-refractivity contribution < 1.29 is 0 Å². The van der Waals surface area contributed by atoms with Gasteiger partial charge in [-0.1, -0.05) is 80.3 Å². The van der Waals surface area contributed by atoms with Crippen LogP contribution in [0.2, 0.25) is 0 Å². The molecule has 0 radical (unpaired) electrons. The Kier molecular flexibility index (Phi) is 6.74. The molecule has 2 aromatic carbocycles. The number of rotatable bonds is 10. The first-order valence-corrected chi connectivity index (χ1v) is 9.29. The van der Waals surface area contributed by atoms with Crippen LogP contribution in [0.5, 0.6) is 0 Å². The fourth-order valence-electron chi connectivity index (χ4n) is 3.24. The van der Waals surface area contributed by atoms with E-state index in [4.69, 9.17) is 0 Å². The Balaban J connectivity index is 1.32. The Hall–Kier alpha value is -2.49. The third-order valence-electron chi connectivity index (χ3n) is 4.62. The number of H-pyrrole nitrogens is 1. The molecule has 130 valence electrons. The molecule has 1 N–H and O–H groups in total. The van der Waals surface area contributed by atoms with Crippen LogP contribution in [-0.2, 0) is 12.8 Å². The average Bonchev–Trinajstić information content (AvgIpc) is 3.20. The topological polar surface area (TPSA) is 54.5 Å². The maximum Gasteiger partial charge on any atom is 0.179 e. The average molecular weight is 334 g/mol. The highest BCUT2D eigenvalue weighted by atomic mass is 15.5. The van der Waals surface area contributed by atoms with Crippen LogP contribution in [0, 0.1) is 0 Å². The number of nitrogens with one attached hydrogen (secondary N) is 1. The molecule has 0 bridgehead atoms. The first-order valence-electron chi connectivity index (χ1n) is 9.29. The third-order valence-corrected chi connectivity index (χ3v) is 4.62. The lowest BCUT2D eigenvalue weighted by atomic mass is 9.99. The molecule has 0 atom stereocenters. The Bertz CT molecular complexity index is 723. The predicted octanol–water partition coefficient (Wildman–Crippen LogP) is 4.99. The first-order chi connectivity index (χ1) is 12.4. The van der Waals surface area contributed by atoms with Gasteiger partial charge in [-0.15, -0.1) is 5.10 Å². The van der Waals surface area contributed by atoms with E-state index < -0.39 is 0 Å². The Morgan fingerprint density at radius 1 is 0.680 bits per heavy atom. The summed E-state index contributed by atoms with van der Waals surface area (Å²) in [5, 5.41) is 14.3. The molecule has 0 saturated heterocycles. The van der Waals surface area contributed by atoms with Crippen molar-refractivity contribution in [2.75, 3.05) is 0 Å². The lowest BCUT2D eigenvalue weighted by Gasteiger charge is -2.07. The number of aromatic amines is 1. The number of nitrogens with zero attached hydrogens (tertiary/aromatic N) is 3. The second-order valence-corrected chi connectivity index (χ2v) is 6.51. The van der Waals surface area contributed by atoms with Crippen LogP contribution < -0.4 is 0 Å². The number of benzene rings is 2. The molecule has 0 fully saturated rings. The fourth-order valence-corrected chi connectivity index (χ4v) is 3.24. The van der Waals surface area contributed by atoms with Gasteiger partial charge in [0.15, 0.2) is 5.82 Å². The summed E-state index contributed by atoms with van der Waals surface area (Å²) in [6.07, 6.45) is 10.1. The molecule has 0 unspecified atom stereocenters. The summed E-state index contributed by atoms with van der Waals surface area (Å²) in [7, 11) is 0. The minimum Gasteiger partial charge on any atom is -0.239 e. The fraction of sp³-hybridized carbons (Fsp3) is 0.381. The lowest BCUT2D eigenvalue weighted by Crippen LogP contribution is -1.92. The zero-order chi connectivity index (χ0) is 17.2. The van der Waals surface area contributed by atoms with E-state index in [-0.39, 0.29) is 0 Å². The number of tetrazole rings is 1. The SMILES string of the molecule is c1ccc(CCCCCCCCc2ccccc2-c2nnn[nH]2)cc1. The molecular weight excluding hydrogens is 308 g/mol. The van der Waals surface area contributed by atoms with Crippen molar-refractivity contribution in [2.45, 2.75) is 51.4 Å². The van der Waals surface area contributed by atoms with E-state index in [1.165, 1.54) is 56.1 Å². The summed E-state index contributed by atoms with van der Waals surface area (Å²) in [4.78, 5) is 0. The molecule has 0 aliphatic rings. The Labute approximate surface area is 149 Å². The summed E-state index contributed by atoms with van der Waals surface area (Å²) in [6, 6.07) is 19.2. The van der Waals surface area contributed by atoms with Crippen LogP contribution >= 0.6 is 0 Å². The molecule has 0 spiro atoms. The van der Waals surface area contributed by atoms with Crippen molar-refractivity contribution in [3.63, 3.8) is 0 Å². The van der Waals surface area contributed by atoms with Crippen LogP contribution in [0.3, 0.4) is 0 Å². The second kappa shape index (κ2) is 9.72. The summed E-state index contributed by atoms with van der Waals surface area (Å²) >= 11 is 0. The standard InChI is InChI=1S/C21H26N4/c1(3-6-12-18-13-7-5-8-14-18)2-4-9-15-19-16-10-11-17-20(19)21-22-24-25-23-21/h5,7-8,10-11,13-14,16-17H,1-4,6,9,12,15H2,(H,22,23,24,25). The van der Waals surface area contributed by atoms with Crippen LogP contribution in [-0.4, -0.2) is 20.6 Å². The molecule has 4 nitrogen and oxygen atoms in total. The normalized spacial score (nSPS) is 10.9. The zero-order valence-electron chi connectivity index (χ0n) is 14.7. The Morgan fingerprint density at radius 3 is 2.12 bits per heavy atom. The molecule has 25 heavy (non-hydrogen) atoms. The highest BCUT2D eigenvalue weighted by molar-refractivity contribution is 5.59. The molecule has 0 amide bonds. The maximum absolute atomic E-state index is 4.03. The van der Waals surface area contributed by atoms with Gasteiger partial charge in [-0.2, -0.15) is 0 Å². The smallest absolute Gasteiger partial charge is 0.179 e. The van der Waals surface area contributed by atoms with Gasteiger partial charge in [0, 0.05) is 5.56 Å². The molecule has 3 aromatic rings. The van der Waals surface area contributed by atoms with Crippen LogP contribution in [0.1, 0.15) is 49.7 Å². The van der Waals surface area contributed by atoms with E-state index >= 15 is 0 Å². The van der Waals surface area contributed by atoms with Crippen LogP contribution in [0.25, 0.3) is 11.4 Å². The van der Waals surface area contributed by atoms with Gasteiger partial charge < -0.3 is 0 Å². The molecule has 1 heterocycles. The highest BCUT2D eigenvalue weighted by Crippen LogP contribution is 2.21. The van der Waals surface area contributed by atoms with Crippen molar-refractivity contribution in [3.05, 3.63) is 65.7 Å². The van der Waals surface area contributed by atoms with Gasteiger partial charge in [0.05, 0.1) is 0 Å². The van der Waals surface area contributed by atoms with Crippen molar-refractivity contribution >= 4 is 0 Å². The number of unbranched alkanes of at least 4 members (excludes halogenated alkanes) is 5. The maximum atomic E-state index is 4.03. The van der Waals surface area contributed by atoms with Gasteiger partial charge in [0.2, 0.25) is 0 Å². The summed E-state index contributed by atoms with van der Waals surface area (Å²) in [5.41, 5.74) is 3.90. The number of hydrogen-bond donors (Lipinski definition) is 1. The second-order valence-electron chi connectivity index (χ2n) is 6.51. The van der Waals surface area contributed by atoms with Gasteiger partial charge >= 0.3 is 0 Å². The van der Waals surface area contributed by atoms with Crippen molar-refractivity contribution in [1.29, 1.82) is 0 Å². The number of aryl methyl sites for hydroxylation is 2. The van der Waals surface area contributed by atoms with Gasteiger partial charge in [0.1, 0.15) is 0 Å². The molecule has 1 aromatic heterocycles. The van der Waals surface area contributed by atoms with Crippen molar-refractivity contribution in [2.24, 2.45) is 0 Å². The van der Waals surface area contributed by atoms with Gasteiger partial charge in [-0.05, 0) is 47.2 Å². The van der Waals surface area contributed by atoms with E-state index in [1.807, 2.05) is 6.07 Å². The van der Waals surface area contributed by atoms with E-state index in [0.717, 1.165) is 17.8 Å². The van der Waals surface area contributed by atoms with Gasteiger partial charge in [-0.25, -0.2) is 5.10 Å². The largest absolute Gasteiger partial charge is 0.239 e. The van der Waals surface area contributed by atoms with E-state index in [1.54, 1.807) is 0 Å². The number of hydrogen-bond acceptors (Lipinski definition) is 3. The monoisotopic (exact) mass is 334 g/mol. The molecule has 0 aliphatic heterocycles. The van der Waals surface area contributed by atoms with E-state index in [2.05, 4.69) is 69.2 Å². The lowest BCUT2D eigenvalue weighted by molar-refractivity contribution is 0.594. The summed E-state index contributed by atoms with van der Waals surface area (Å²) < 4.78 is 0.